The van der Waals surface area contributed by atoms with Gasteiger partial charge in [0.1, 0.15) is 12.7 Å². The van der Waals surface area contributed by atoms with Crippen molar-refractivity contribution in [2.75, 3.05) is 26.2 Å². The standard InChI is InChI=1S/C19H25N5O/c25-19(7-8-22-14-20-21-15-22)24-11-9-23(10-12-24)18-6-5-16-3-1-2-4-17(16)13-18/h1-4,14-15,18H,5-13H2/t18-/m0/s1. The van der Waals surface area contributed by atoms with Gasteiger partial charge in [-0.2, -0.15) is 0 Å². The molecule has 1 amide bonds. The van der Waals surface area contributed by atoms with Crippen molar-refractivity contribution in [2.45, 2.75) is 38.3 Å². The number of amides is 1. The minimum Gasteiger partial charge on any atom is -0.340 e. The van der Waals surface area contributed by atoms with Crippen molar-refractivity contribution >= 4 is 5.91 Å². The highest BCUT2D eigenvalue weighted by Crippen LogP contribution is 2.25. The molecule has 132 valence electrons. The summed E-state index contributed by atoms with van der Waals surface area (Å²) in [5.41, 5.74) is 3.02. The number of benzene rings is 1. The van der Waals surface area contributed by atoms with Gasteiger partial charge in [-0.1, -0.05) is 24.3 Å². The molecule has 1 saturated heterocycles. The van der Waals surface area contributed by atoms with E-state index in [1.807, 2.05) is 9.47 Å². The van der Waals surface area contributed by atoms with Gasteiger partial charge in [-0.3, -0.25) is 9.69 Å². The second-order valence-corrected chi connectivity index (χ2v) is 7.03. The van der Waals surface area contributed by atoms with Crippen molar-refractivity contribution in [3.05, 3.63) is 48.0 Å². The maximum absolute atomic E-state index is 12.4. The normalized spacial score (nSPS) is 21.1. The van der Waals surface area contributed by atoms with Crippen molar-refractivity contribution in [3.8, 4) is 0 Å². The Morgan fingerprint density at radius 3 is 2.52 bits per heavy atom. The van der Waals surface area contributed by atoms with Gasteiger partial charge in [0.05, 0.1) is 0 Å². The van der Waals surface area contributed by atoms with Crippen LogP contribution < -0.4 is 0 Å². The van der Waals surface area contributed by atoms with Crippen LogP contribution in [0.15, 0.2) is 36.9 Å². The number of hydrogen-bond donors (Lipinski definition) is 0. The first-order valence-corrected chi connectivity index (χ1v) is 9.20. The molecule has 0 unspecified atom stereocenters. The van der Waals surface area contributed by atoms with Crippen molar-refractivity contribution in [1.29, 1.82) is 0 Å². The topological polar surface area (TPSA) is 54.3 Å². The van der Waals surface area contributed by atoms with E-state index >= 15 is 0 Å². The molecule has 0 radical (unpaired) electrons. The fourth-order valence-electron chi connectivity index (χ4n) is 4.05. The molecule has 0 N–H and O–H groups in total. The first-order chi connectivity index (χ1) is 12.3. The number of fused-ring (bicyclic) bond motifs is 1. The Morgan fingerprint density at radius 2 is 1.76 bits per heavy atom. The lowest BCUT2D eigenvalue weighted by molar-refractivity contribution is -0.133. The van der Waals surface area contributed by atoms with E-state index in [2.05, 4.69) is 39.4 Å². The van der Waals surface area contributed by atoms with E-state index in [1.54, 1.807) is 12.7 Å². The van der Waals surface area contributed by atoms with Crippen LogP contribution in [-0.4, -0.2) is 62.7 Å². The summed E-state index contributed by atoms with van der Waals surface area (Å²) in [5.74, 6) is 0.238. The van der Waals surface area contributed by atoms with Gasteiger partial charge < -0.3 is 9.47 Å². The molecule has 1 fully saturated rings. The third-order valence-corrected chi connectivity index (χ3v) is 5.55. The van der Waals surface area contributed by atoms with Crippen molar-refractivity contribution < 1.29 is 4.79 Å². The van der Waals surface area contributed by atoms with Crippen LogP contribution in [0.1, 0.15) is 24.0 Å². The van der Waals surface area contributed by atoms with Gasteiger partial charge in [-0.15, -0.1) is 10.2 Å². The maximum atomic E-state index is 12.4. The smallest absolute Gasteiger partial charge is 0.224 e. The summed E-state index contributed by atoms with van der Waals surface area (Å²) >= 11 is 0. The molecule has 0 saturated carbocycles. The molecule has 0 bridgehead atoms. The summed E-state index contributed by atoms with van der Waals surface area (Å²) in [5, 5.41) is 7.54. The molecule has 2 aliphatic rings. The van der Waals surface area contributed by atoms with E-state index in [9.17, 15) is 4.79 Å². The zero-order chi connectivity index (χ0) is 17.1. The second kappa shape index (κ2) is 7.35. The van der Waals surface area contributed by atoms with Crippen molar-refractivity contribution in [3.63, 3.8) is 0 Å². The van der Waals surface area contributed by atoms with Crippen LogP contribution in [0.4, 0.5) is 0 Å². The number of aryl methyl sites for hydroxylation is 2. The molecule has 1 atom stereocenters. The number of piperazine rings is 1. The van der Waals surface area contributed by atoms with Gasteiger partial charge in [-0.25, -0.2) is 0 Å². The van der Waals surface area contributed by atoms with Crippen LogP contribution in [0.3, 0.4) is 0 Å². The first kappa shape index (κ1) is 16.3. The van der Waals surface area contributed by atoms with Gasteiger partial charge in [0.15, 0.2) is 0 Å². The SMILES string of the molecule is O=C(CCn1cnnc1)N1CCN([C@H]2CCc3ccccc3C2)CC1. The van der Waals surface area contributed by atoms with Crippen molar-refractivity contribution in [2.24, 2.45) is 0 Å². The summed E-state index contributed by atoms with van der Waals surface area (Å²) in [7, 11) is 0. The van der Waals surface area contributed by atoms with E-state index in [0.29, 0.717) is 19.0 Å². The second-order valence-electron chi connectivity index (χ2n) is 7.03. The number of hydrogen-bond acceptors (Lipinski definition) is 4. The largest absolute Gasteiger partial charge is 0.340 e. The lowest BCUT2D eigenvalue weighted by Gasteiger charge is -2.41. The molecular formula is C19H25N5O. The van der Waals surface area contributed by atoms with Crippen molar-refractivity contribution in [1.82, 2.24) is 24.6 Å². The predicted octanol–water partition coefficient (Wildman–Crippen LogP) is 1.37. The Balaban J connectivity index is 1.26. The number of carbonyl (C=O) groups excluding carboxylic acids is 1. The molecule has 1 aromatic carbocycles. The van der Waals surface area contributed by atoms with Gasteiger partial charge >= 0.3 is 0 Å². The third kappa shape index (κ3) is 3.74. The number of nitrogens with zero attached hydrogens (tertiary/aromatic N) is 5. The molecule has 25 heavy (non-hydrogen) atoms. The average Bonchev–Trinajstić information content (AvgIpc) is 3.19. The highest BCUT2D eigenvalue weighted by Gasteiger charge is 2.28. The Bertz CT molecular complexity index is 706. The summed E-state index contributed by atoms with van der Waals surface area (Å²) in [6.45, 7) is 4.33. The number of carbonyl (C=O) groups is 1. The molecule has 6 nitrogen and oxygen atoms in total. The van der Waals surface area contributed by atoms with Crippen LogP contribution >= 0.6 is 0 Å². The fraction of sp³-hybridized carbons (Fsp3) is 0.526. The Labute approximate surface area is 148 Å². The monoisotopic (exact) mass is 339 g/mol. The molecule has 2 aromatic rings. The lowest BCUT2D eigenvalue weighted by Crippen LogP contribution is -2.53. The predicted molar refractivity (Wildman–Crippen MR) is 95.0 cm³/mol. The number of rotatable bonds is 4. The maximum Gasteiger partial charge on any atom is 0.224 e. The van der Waals surface area contributed by atoms with Gasteiger partial charge in [0, 0.05) is 45.2 Å². The Hall–Kier alpha value is -2.21. The molecule has 2 heterocycles. The highest BCUT2D eigenvalue weighted by molar-refractivity contribution is 5.76. The Morgan fingerprint density at radius 1 is 1.04 bits per heavy atom. The summed E-state index contributed by atoms with van der Waals surface area (Å²) in [4.78, 5) is 17.0. The van der Waals surface area contributed by atoms with Gasteiger partial charge in [-0.05, 0) is 30.4 Å². The van der Waals surface area contributed by atoms with E-state index in [1.165, 1.54) is 24.0 Å². The zero-order valence-corrected chi connectivity index (χ0v) is 14.5. The summed E-state index contributed by atoms with van der Waals surface area (Å²) in [6, 6.07) is 9.45. The summed E-state index contributed by atoms with van der Waals surface area (Å²) < 4.78 is 1.85. The molecule has 1 aliphatic heterocycles. The van der Waals surface area contributed by atoms with Crippen LogP contribution in [-0.2, 0) is 24.2 Å². The molecule has 1 aromatic heterocycles. The fourth-order valence-corrected chi connectivity index (χ4v) is 4.05. The number of aromatic nitrogens is 3. The van der Waals surface area contributed by atoms with Crippen LogP contribution in [0.5, 0.6) is 0 Å². The van der Waals surface area contributed by atoms with Gasteiger partial charge in [0.25, 0.3) is 0 Å². The first-order valence-electron chi connectivity index (χ1n) is 9.20. The minimum absolute atomic E-state index is 0.238. The molecule has 4 rings (SSSR count). The highest BCUT2D eigenvalue weighted by atomic mass is 16.2. The van der Waals surface area contributed by atoms with Crippen LogP contribution in [0.2, 0.25) is 0 Å². The molecule has 6 heteroatoms. The van der Waals surface area contributed by atoms with Crippen LogP contribution in [0.25, 0.3) is 0 Å². The molecular weight excluding hydrogens is 314 g/mol. The lowest BCUT2D eigenvalue weighted by atomic mass is 9.87. The average molecular weight is 339 g/mol. The molecule has 1 aliphatic carbocycles. The molecule has 0 spiro atoms. The van der Waals surface area contributed by atoms with E-state index in [4.69, 9.17) is 0 Å². The van der Waals surface area contributed by atoms with Gasteiger partial charge in [0.2, 0.25) is 5.91 Å². The minimum atomic E-state index is 0.238. The van der Waals surface area contributed by atoms with E-state index in [-0.39, 0.29) is 5.91 Å². The quantitative estimate of drug-likeness (QED) is 0.844. The third-order valence-electron chi connectivity index (χ3n) is 5.55. The van der Waals surface area contributed by atoms with E-state index in [0.717, 1.165) is 32.6 Å². The Kier molecular flexibility index (Phi) is 4.78. The van der Waals surface area contributed by atoms with E-state index < -0.39 is 0 Å². The summed E-state index contributed by atoms with van der Waals surface area (Å²) in [6.07, 6.45) is 7.41. The zero-order valence-electron chi connectivity index (χ0n) is 14.5. The van der Waals surface area contributed by atoms with Crippen LogP contribution in [0, 0.1) is 0 Å².